The molecule has 2 unspecified atom stereocenters. The predicted molar refractivity (Wildman–Crippen MR) is 151 cm³/mol. The van der Waals surface area contributed by atoms with Crippen LogP contribution in [0.1, 0.15) is 71.8 Å². The van der Waals surface area contributed by atoms with E-state index in [0.717, 1.165) is 54.0 Å². The van der Waals surface area contributed by atoms with E-state index in [0.29, 0.717) is 13.1 Å². The van der Waals surface area contributed by atoms with Crippen LogP contribution < -0.4 is 5.32 Å². The van der Waals surface area contributed by atoms with Gasteiger partial charge in [0.2, 0.25) is 0 Å². The molecule has 12 nitrogen and oxygen atoms in total. The van der Waals surface area contributed by atoms with Crippen molar-refractivity contribution < 1.29 is 19.1 Å². The van der Waals surface area contributed by atoms with Crippen molar-refractivity contribution in [2.75, 3.05) is 18.4 Å². The zero-order valence-corrected chi connectivity index (χ0v) is 24.3. The summed E-state index contributed by atoms with van der Waals surface area (Å²) >= 11 is 0. The van der Waals surface area contributed by atoms with E-state index in [2.05, 4.69) is 34.5 Å². The molecule has 218 valence electrons. The van der Waals surface area contributed by atoms with Gasteiger partial charge in [-0.2, -0.15) is 19.8 Å². The summed E-state index contributed by atoms with van der Waals surface area (Å²) in [6.45, 7) is 10.5. The highest BCUT2D eigenvalue weighted by Gasteiger charge is 2.46. The van der Waals surface area contributed by atoms with Crippen molar-refractivity contribution in [1.82, 2.24) is 34.6 Å². The molecule has 0 saturated carbocycles. The van der Waals surface area contributed by atoms with Gasteiger partial charge in [0, 0.05) is 35.3 Å². The van der Waals surface area contributed by atoms with Gasteiger partial charge in [0.15, 0.2) is 5.65 Å². The fraction of sp³-hybridized carbons (Fsp3) is 0.586. The normalized spacial score (nSPS) is 22.6. The molecule has 3 saturated heterocycles. The van der Waals surface area contributed by atoms with Crippen molar-refractivity contribution in [3.63, 3.8) is 0 Å². The fourth-order valence-corrected chi connectivity index (χ4v) is 6.07. The van der Waals surface area contributed by atoms with E-state index in [-0.39, 0.29) is 42.3 Å². The summed E-state index contributed by atoms with van der Waals surface area (Å²) < 4.78 is 13.1. The highest BCUT2D eigenvalue weighted by Crippen LogP contribution is 2.38. The SMILES string of the molecule is CC(C)c1cnn2c(NC3CC4CCC(C3)N4C(=O)OC3CN(C(=O)OC(C)(C)C)C3)cc(-c3ccnnc3)nc12. The second-order valence-electron chi connectivity index (χ2n) is 12.6. The number of carbonyl (C=O) groups excluding carboxylic acids is 2. The molecule has 2 atom stereocenters. The Kier molecular flexibility index (Phi) is 6.95. The lowest BCUT2D eigenvalue weighted by atomic mass is 9.97. The first-order valence-electron chi connectivity index (χ1n) is 14.4. The quantitative estimate of drug-likeness (QED) is 0.479. The average molecular weight is 563 g/mol. The second-order valence-corrected chi connectivity index (χ2v) is 12.6. The Morgan fingerprint density at radius 3 is 2.41 bits per heavy atom. The lowest BCUT2D eigenvalue weighted by Crippen LogP contribution is -2.58. The van der Waals surface area contributed by atoms with Gasteiger partial charge < -0.3 is 24.6 Å². The van der Waals surface area contributed by atoms with Crippen LogP contribution in [-0.4, -0.2) is 89.7 Å². The third-order valence-electron chi connectivity index (χ3n) is 8.06. The lowest BCUT2D eigenvalue weighted by molar-refractivity contribution is -0.0485. The standard InChI is InChI=1S/C29H38N8O4/c1-17(2)23-14-32-37-25(12-24(34-26(23)37)18-8-9-30-31-13-18)33-19-10-20-6-7-21(11-19)36(20)28(39)40-22-15-35(16-22)27(38)41-29(3,4)5/h8-9,12-14,17,19-22,33H,6-7,10-11,15-16H2,1-5H3. The largest absolute Gasteiger partial charge is 0.444 e. The molecule has 0 spiro atoms. The maximum atomic E-state index is 13.2. The van der Waals surface area contributed by atoms with Gasteiger partial charge in [-0.3, -0.25) is 0 Å². The number of nitrogens with zero attached hydrogens (tertiary/aromatic N) is 7. The molecule has 0 radical (unpaired) electrons. The van der Waals surface area contributed by atoms with Crippen LogP contribution in [0.4, 0.5) is 15.4 Å². The number of piperidine rings is 1. The van der Waals surface area contributed by atoms with Crippen LogP contribution >= 0.6 is 0 Å². The molecule has 41 heavy (non-hydrogen) atoms. The molecular formula is C29H38N8O4. The first-order chi connectivity index (χ1) is 19.6. The monoisotopic (exact) mass is 562 g/mol. The second kappa shape index (κ2) is 10.5. The Bertz CT molecular complexity index is 1420. The summed E-state index contributed by atoms with van der Waals surface area (Å²) in [5, 5.41) is 16.3. The fourth-order valence-electron chi connectivity index (χ4n) is 6.07. The van der Waals surface area contributed by atoms with Gasteiger partial charge in [-0.1, -0.05) is 13.8 Å². The van der Waals surface area contributed by atoms with E-state index in [1.807, 2.05) is 48.5 Å². The molecule has 3 fully saturated rings. The van der Waals surface area contributed by atoms with Crippen LogP contribution in [0, 0.1) is 0 Å². The van der Waals surface area contributed by atoms with Gasteiger partial charge in [0.25, 0.3) is 0 Å². The number of nitrogens with one attached hydrogen (secondary N) is 1. The molecule has 1 N–H and O–H groups in total. The molecule has 6 heterocycles. The summed E-state index contributed by atoms with van der Waals surface area (Å²) in [7, 11) is 0. The molecule has 3 aliphatic heterocycles. The van der Waals surface area contributed by atoms with Crippen molar-refractivity contribution >= 4 is 23.7 Å². The van der Waals surface area contributed by atoms with E-state index < -0.39 is 5.60 Å². The number of anilines is 1. The number of ether oxygens (including phenoxy) is 2. The zero-order chi connectivity index (χ0) is 28.9. The number of aromatic nitrogens is 5. The molecular weight excluding hydrogens is 524 g/mol. The molecule has 2 bridgehead atoms. The van der Waals surface area contributed by atoms with Crippen molar-refractivity contribution in [3.05, 3.63) is 36.3 Å². The van der Waals surface area contributed by atoms with Gasteiger partial charge in [-0.15, -0.1) is 0 Å². The Morgan fingerprint density at radius 2 is 1.78 bits per heavy atom. The Labute approximate surface area is 239 Å². The molecule has 3 aromatic heterocycles. The summed E-state index contributed by atoms with van der Waals surface area (Å²) in [6.07, 6.45) is 7.85. The third-order valence-corrected chi connectivity index (χ3v) is 8.06. The number of hydrogen-bond acceptors (Lipinski definition) is 9. The van der Waals surface area contributed by atoms with Gasteiger partial charge in [-0.25, -0.2) is 14.6 Å². The molecule has 0 aliphatic carbocycles. The number of amides is 2. The van der Waals surface area contributed by atoms with Gasteiger partial charge in [-0.05, 0) is 58.4 Å². The molecule has 2 amide bonds. The minimum absolute atomic E-state index is 0.103. The summed E-state index contributed by atoms with van der Waals surface area (Å²) in [6, 6.07) is 4.29. The first kappa shape index (κ1) is 27.2. The maximum Gasteiger partial charge on any atom is 0.410 e. The van der Waals surface area contributed by atoms with Crippen LogP contribution in [0.5, 0.6) is 0 Å². The Hall–Kier alpha value is -3.96. The van der Waals surface area contributed by atoms with Crippen molar-refractivity contribution in [2.45, 2.75) is 96.1 Å². The van der Waals surface area contributed by atoms with Crippen molar-refractivity contribution in [2.24, 2.45) is 0 Å². The predicted octanol–water partition coefficient (Wildman–Crippen LogP) is 4.47. The molecule has 0 aromatic carbocycles. The minimum Gasteiger partial charge on any atom is -0.444 e. The Balaban J connectivity index is 1.13. The number of fused-ring (bicyclic) bond motifs is 3. The van der Waals surface area contributed by atoms with E-state index in [9.17, 15) is 9.59 Å². The Morgan fingerprint density at radius 1 is 1.05 bits per heavy atom. The number of hydrogen-bond donors (Lipinski definition) is 1. The number of rotatable bonds is 5. The highest BCUT2D eigenvalue weighted by molar-refractivity contribution is 5.72. The molecule has 3 aliphatic rings. The lowest BCUT2D eigenvalue weighted by Gasteiger charge is -2.42. The summed E-state index contributed by atoms with van der Waals surface area (Å²) in [5.74, 6) is 1.14. The van der Waals surface area contributed by atoms with Crippen molar-refractivity contribution in [1.29, 1.82) is 0 Å². The summed E-state index contributed by atoms with van der Waals surface area (Å²) in [5.41, 5.74) is 3.05. The number of likely N-dealkylation sites (tertiary alicyclic amines) is 1. The maximum absolute atomic E-state index is 13.2. The van der Waals surface area contributed by atoms with Crippen LogP contribution in [0.15, 0.2) is 30.7 Å². The van der Waals surface area contributed by atoms with E-state index in [1.165, 1.54) is 0 Å². The van der Waals surface area contributed by atoms with Crippen molar-refractivity contribution in [3.8, 4) is 11.3 Å². The highest BCUT2D eigenvalue weighted by atomic mass is 16.6. The zero-order valence-electron chi connectivity index (χ0n) is 24.3. The van der Waals surface area contributed by atoms with E-state index in [1.54, 1.807) is 17.3 Å². The average Bonchev–Trinajstić information content (AvgIpc) is 3.44. The molecule has 3 aromatic rings. The summed E-state index contributed by atoms with van der Waals surface area (Å²) in [4.78, 5) is 33.8. The van der Waals surface area contributed by atoms with Gasteiger partial charge in [0.05, 0.1) is 37.4 Å². The first-order valence-corrected chi connectivity index (χ1v) is 14.4. The molecule has 6 rings (SSSR count). The van der Waals surface area contributed by atoms with Gasteiger partial charge in [0.1, 0.15) is 17.5 Å². The van der Waals surface area contributed by atoms with E-state index >= 15 is 0 Å². The third kappa shape index (κ3) is 5.51. The smallest absolute Gasteiger partial charge is 0.410 e. The van der Waals surface area contributed by atoms with E-state index in [4.69, 9.17) is 14.5 Å². The van der Waals surface area contributed by atoms with Crippen LogP contribution in [0.3, 0.4) is 0 Å². The van der Waals surface area contributed by atoms with Gasteiger partial charge >= 0.3 is 12.2 Å². The van der Waals surface area contributed by atoms with Crippen LogP contribution in [0.2, 0.25) is 0 Å². The van der Waals surface area contributed by atoms with Crippen LogP contribution in [0.25, 0.3) is 16.9 Å². The number of carbonyl (C=O) groups is 2. The topological polar surface area (TPSA) is 127 Å². The molecule has 12 heteroatoms. The van der Waals surface area contributed by atoms with Crippen LogP contribution in [-0.2, 0) is 9.47 Å². The minimum atomic E-state index is -0.551.